The molecule has 0 aliphatic carbocycles. The van der Waals surface area contributed by atoms with Crippen LogP contribution in [-0.4, -0.2) is 15.9 Å². The Morgan fingerprint density at radius 3 is 2.60 bits per heavy atom. The fourth-order valence-corrected chi connectivity index (χ4v) is 1.68. The van der Waals surface area contributed by atoms with Crippen LogP contribution in [0.15, 0.2) is 42.6 Å². The van der Waals surface area contributed by atoms with Crippen LogP contribution in [0.3, 0.4) is 0 Å². The van der Waals surface area contributed by atoms with Crippen molar-refractivity contribution in [1.29, 1.82) is 0 Å². The van der Waals surface area contributed by atoms with Crippen molar-refractivity contribution in [1.82, 2.24) is 4.98 Å². The number of hydrogen-bond donors (Lipinski definition) is 0. The highest BCUT2D eigenvalue weighted by Gasteiger charge is 2.12. The SMILES string of the molecule is O=C(OCc1ccc([N+](=O)[O-])cc1)c1cccnc1Cl. The number of benzene rings is 1. The average Bonchev–Trinajstić information content (AvgIpc) is 2.45. The number of halogens is 1. The Kier molecular flexibility index (Phi) is 4.27. The number of carbonyl (C=O) groups excluding carboxylic acids is 1. The standard InChI is InChI=1S/C13H9ClN2O4/c14-12-11(2-1-7-15-12)13(17)20-8-9-3-5-10(6-4-9)16(18)19/h1-7H,8H2. The van der Waals surface area contributed by atoms with Gasteiger partial charge in [0.2, 0.25) is 0 Å². The third-order valence-electron chi connectivity index (χ3n) is 2.50. The molecule has 0 radical (unpaired) electrons. The molecule has 20 heavy (non-hydrogen) atoms. The van der Waals surface area contributed by atoms with Gasteiger partial charge in [0, 0.05) is 18.3 Å². The predicted molar refractivity (Wildman–Crippen MR) is 71.5 cm³/mol. The summed E-state index contributed by atoms with van der Waals surface area (Å²) in [6.07, 6.45) is 1.47. The van der Waals surface area contributed by atoms with Crippen molar-refractivity contribution in [3.63, 3.8) is 0 Å². The third kappa shape index (κ3) is 3.30. The lowest BCUT2D eigenvalue weighted by molar-refractivity contribution is -0.384. The van der Waals surface area contributed by atoms with Crippen LogP contribution in [0.2, 0.25) is 5.15 Å². The van der Waals surface area contributed by atoms with Gasteiger partial charge in [-0.2, -0.15) is 0 Å². The number of hydrogen-bond acceptors (Lipinski definition) is 5. The van der Waals surface area contributed by atoms with Crippen LogP contribution in [-0.2, 0) is 11.3 Å². The minimum atomic E-state index is -0.596. The zero-order chi connectivity index (χ0) is 14.5. The number of non-ortho nitro benzene ring substituents is 1. The van der Waals surface area contributed by atoms with E-state index in [4.69, 9.17) is 16.3 Å². The van der Waals surface area contributed by atoms with Gasteiger partial charge < -0.3 is 4.74 Å². The summed E-state index contributed by atoms with van der Waals surface area (Å²) in [6.45, 7) is 0.00203. The molecule has 0 saturated carbocycles. The van der Waals surface area contributed by atoms with Crippen molar-refractivity contribution in [2.45, 2.75) is 6.61 Å². The van der Waals surface area contributed by atoms with Crippen LogP contribution in [0.5, 0.6) is 0 Å². The zero-order valence-corrected chi connectivity index (χ0v) is 10.9. The second-order valence-corrected chi connectivity index (χ2v) is 4.20. The highest BCUT2D eigenvalue weighted by Crippen LogP contribution is 2.15. The summed E-state index contributed by atoms with van der Waals surface area (Å²) in [5, 5.41) is 10.6. The van der Waals surface area contributed by atoms with Crippen molar-refractivity contribution in [2.24, 2.45) is 0 Å². The second kappa shape index (κ2) is 6.12. The van der Waals surface area contributed by atoms with Crippen LogP contribution in [0.4, 0.5) is 5.69 Å². The number of aromatic nitrogens is 1. The Hall–Kier alpha value is -2.47. The molecule has 0 unspecified atom stereocenters. The fourth-order valence-electron chi connectivity index (χ4n) is 1.48. The number of esters is 1. The molecule has 0 amide bonds. The van der Waals surface area contributed by atoms with Gasteiger partial charge in [-0.25, -0.2) is 9.78 Å². The molecule has 0 aliphatic heterocycles. The summed E-state index contributed by atoms with van der Waals surface area (Å²) in [5.41, 5.74) is 0.801. The summed E-state index contributed by atoms with van der Waals surface area (Å²) in [5.74, 6) is -0.596. The minimum Gasteiger partial charge on any atom is -0.457 e. The second-order valence-electron chi connectivity index (χ2n) is 3.84. The van der Waals surface area contributed by atoms with Crippen LogP contribution in [0.25, 0.3) is 0 Å². The molecule has 0 aliphatic rings. The Balaban J connectivity index is 2.00. The van der Waals surface area contributed by atoms with E-state index in [1.165, 1.54) is 36.5 Å². The van der Waals surface area contributed by atoms with Gasteiger partial charge in [-0.05, 0) is 29.8 Å². The Labute approximate surface area is 119 Å². The van der Waals surface area contributed by atoms with Gasteiger partial charge in [-0.15, -0.1) is 0 Å². The molecule has 2 aromatic rings. The number of pyridine rings is 1. The van der Waals surface area contributed by atoms with Gasteiger partial charge in [-0.3, -0.25) is 10.1 Å². The van der Waals surface area contributed by atoms with Crippen molar-refractivity contribution in [3.8, 4) is 0 Å². The topological polar surface area (TPSA) is 82.3 Å². The van der Waals surface area contributed by atoms with E-state index in [-0.39, 0.29) is 23.0 Å². The first kappa shape index (κ1) is 14.0. The monoisotopic (exact) mass is 292 g/mol. The maximum atomic E-state index is 11.8. The van der Waals surface area contributed by atoms with E-state index in [1.807, 2.05) is 0 Å². The summed E-state index contributed by atoms with van der Waals surface area (Å²) >= 11 is 5.77. The van der Waals surface area contributed by atoms with Crippen molar-refractivity contribution in [3.05, 3.63) is 69.0 Å². The van der Waals surface area contributed by atoms with Crippen molar-refractivity contribution < 1.29 is 14.5 Å². The van der Waals surface area contributed by atoms with Crippen LogP contribution in [0.1, 0.15) is 15.9 Å². The molecule has 0 N–H and O–H groups in total. The third-order valence-corrected chi connectivity index (χ3v) is 2.80. The maximum Gasteiger partial charge on any atom is 0.341 e. The zero-order valence-electron chi connectivity index (χ0n) is 10.2. The number of rotatable bonds is 4. The highest BCUT2D eigenvalue weighted by atomic mass is 35.5. The Morgan fingerprint density at radius 2 is 2.00 bits per heavy atom. The molecule has 1 aromatic heterocycles. The largest absolute Gasteiger partial charge is 0.457 e. The number of carbonyl (C=O) groups is 1. The summed E-state index contributed by atoms with van der Waals surface area (Å²) < 4.78 is 5.06. The average molecular weight is 293 g/mol. The first-order chi connectivity index (χ1) is 9.58. The lowest BCUT2D eigenvalue weighted by Gasteiger charge is -2.05. The number of nitrogens with zero attached hydrogens (tertiary/aromatic N) is 2. The quantitative estimate of drug-likeness (QED) is 0.374. The van der Waals surface area contributed by atoms with E-state index in [0.717, 1.165) is 0 Å². The molecular weight excluding hydrogens is 284 g/mol. The van der Waals surface area contributed by atoms with Gasteiger partial charge in [0.1, 0.15) is 11.8 Å². The molecule has 0 spiro atoms. The molecule has 7 heteroatoms. The highest BCUT2D eigenvalue weighted by molar-refractivity contribution is 6.32. The molecule has 0 atom stereocenters. The van der Waals surface area contributed by atoms with Gasteiger partial charge in [0.15, 0.2) is 0 Å². The van der Waals surface area contributed by atoms with Crippen molar-refractivity contribution >= 4 is 23.3 Å². The number of ether oxygens (including phenoxy) is 1. The molecule has 0 saturated heterocycles. The van der Waals surface area contributed by atoms with Gasteiger partial charge in [0.25, 0.3) is 5.69 Å². The van der Waals surface area contributed by atoms with E-state index in [0.29, 0.717) is 5.56 Å². The van der Waals surface area contributed by atoms with Crippen LogP contribution < -0.4 is 0 Å². The maximum absolute atomic E-state index is 11.8. The lowest BCUT2D eigenvalue weighted by Crippen LogP contribution is -2.06. The van der Waals surface area contributed by atoms with Gasteiger partial charge >= 0.3 is 5.97 Å². The Bertz CT molecular complexity index is 643. The van der Waals surface area contributed by atoms with E-state index in [9.17, 15) is 14.9 Å². The molecule has 102 valence electrons. The van der Waals surface area contributed by atoms with E-state index >= 15 is 0 Å². The summed E-state index contributed by atoms with van der Waals surface area (Å²) in [4.78, 5) is 25.5. The number of nitro benzene ring substituents is 1. The summed E-state index contributed by atoms with van der Waals surface area (Å²) in [7, 11) is 0. The molecule has 6 nitrogen and oxygen atoms in total. The first-order valence-electron chi connectivity index (χ1n) is 5.59. The molecule has 2 rings (SSSR count). The molecule has 1 aromatic carbocycles. The van der Waals surface area contributed by atoms with E-state index < -0.39 is 10.9 Å². The van der Waals surface area contributed by atoms with E-state index in [1.54, 1.807) is 6.07 Å². The van der Waals surface area contributed by atoms with E-state index in [2.05, 4.69) is 4.98 Å². The molecule has 1 heterocycles. The predicted octanol–water partition coefficient (Wildman–Crippen LogP) is 3.00. The van der Waals surface area contributed by atoms with Crippen molar-refractivity contribution in [2.75, 3.05) is 0 Å². The first-order valence-corrected chi connectivity index (χ1v) is 5.96. The smallest absolute Gasteiger partial charge is 0.341 e. The molecule has 0 fully saturated rings. The fraction of sp³-hybridized carbons (Fsp3) is 0.0769. The molecule has 0 bridgehead atoms. The van der Waals surface area contributed by atoms with Gasteiger partial charge in [-0.1, -0.05) is 11.6 Å². The van der Waals surface area contributed by atoms with Crippen LogP contribution in [0, 0.1) is 10.1 Å². The Morgan fingerprint density at radius 1 is 1.30 bits per heavy atom. The molecular formula is C13H9ClN2O4. The van der Waals surface area contributed by atoms with Gasteiger partial charge in [0.05, 0.1) is 10.5 Å². The van der Waals surface area contributed by atoms with Crippen LogP contribution >= 0.6 is 11.6 Å². The summed E-state index contributed by atoms with van der Waals surface area (Å²) in [6, 6.07) is 8.83. The normalized spacial score (nSPS) is 10.1. The minimum absolute atomic E-state index is 0.00203. The lowest BCUT2D eigenvalue weighted by atomic mass is 10.2. The number of nitro groups is 1.